The Bertz CT molecular complexity index is 644. The smallest absolute Gasteiger partial charge is 0.220 e. The first-order valence-corrected chi connectivity index (χ1v) is 7.29. The quantitative estimate of drug-likeness (QED) is 0.862. The molecule has 0 aromatic carbocycles. The molecule has 1 fully saturated rings. The molecule has 0 N–H and O–H groups in total. The molecule has 0 amide bonds. The van der Waals surface area contributed by atoms with Crippen LogP contribution >= 0.6 is 0 Å². The number of nitriles is 1. The summed E-state index contributed by atoms with van der Waals surface area (Å²) in [5, 5.41) is 9.19. The number of rotatable bonds is 4. The van der Waals surface area contributed by atoms with E-state index in [1.807, 2.05) is 24.1 Å². The highest BCUT2D eigenvalue weighted by Crippen LogP contribution is 2.29. The largest absolute Gasteiger partial charge is 0.425 e. The van der Waals surface area contributed by atoms with Gasteiger partial charge in [-0.2, -0.15) is 5.26 Å². The lowest BCUT2D eigenvalue weighted by molar-refractivity contribution is 0.485. The Balaban J connectivity index is 1.71. The number of aryl methyl sites for hydroxylation is 3. The predicted octanol–water partition coefficient (Wildman–Crippen LogP) is 2.66. The number of hydrogen-bond acceptors (Lipinski definition) is 5. The van der Waals surface area contributed by atoms with E-state index in [1.165, 1.54) is 5.56 Å². The van der Waals surface area contributed by atoms with Crippen molar-refractivity contribution in [2.45, 2.75) is 38.6 Å². The lowest BCUT2D eigenvalue weighted by Crippen LogP contribution is -2.27. The van der Waals surface area contributed by atoms with Gasteiger partial charge in [0.25, 0.3) is 0 Å². The second-order valence-electron chi connectivity index (χ2n) is 5.34. The molecule has 3 heterocycles. The zero-order valence-corrected chi connectivity index (χ0v) is 12.1. The minimum Gasteiger partial charge on any atom is -0.425 e. The van der Waals surface area contributed by atoms with Crippen molar-refractivity contribution >= 4 is 5.88 Å². The fourth-order valence-corrected chi connectivity index (χ4v) is 2.76. The molecule has 2 aromatic heterocycles. The number of aromatic nitrogens is 2. The molecule has 2 aromatic rings. The van der Waals surface area contributed by atoms with Gasteiger partial charge in [-0.15, -0.1) is 0 Å². The van der Waals surface area contributed by atoms with Crippen molar-refractivity contribution in [1.82, 2.24) is 9.97 Å². The highest BCUT2D eigenvalue weighted by atomic mass is 16.4. The topological polar surface area (TPSA) is 66.0 Å². The molecule has 0 aliphatic carbocycles. The summed E-state index contributed by atoms with van der Waals surface area (Å²) in [5.41, 5.74) is 2.05. The molecule has 21 heavy (non-hydrogen) atoms. The van der Waals surface area contributed by atoms with E-state index < -0.39 is 0 Å². The maximum absolute atomic E-state index is 9.19. The summed E-state index contributed by atoms with van der Waals surface area (Å²) in [6, 6.07) is 6.24. The van der Waals surface area contributed by atoms with Gasteiger partial charge in [0.15, 0.2) is 5.89 Å². The number of nitrogens with zero attached hydrogens (tertiary/aromatic N) is 4. The van der Waals surface area contributed by atoms with Crippen LogP contribution in [0.1, 0.15) is 30.0 Å². The van der Waals surface area contributed by atoms with Crippen LogP contribution in [0.5, 0.6) is 0 Å². The van der Waals surface area contributed by atoms with Crippen molar-refractivity contribution in [1.29, 1.82) is 5.26 Å². The van der Waals surface area contributed by atoms with Gasteiger partial charge in [0, 0.05) is 25.4 Å². The normalized spacial score (nSPS) is 17.9. The summed E-state index contributed by atoms with van der Waals surface area (Å²) < 4.78 is 5.90. The van der Waals surface area contributed by atoms with Crippen molar-refractivity contribution in [3.8, 4) is 6.07 Å². The summed E-state index contributed by atoms with van der Waals surface area (Å²) in [4.78, 5) is 10.6. The second kappa shape index (κ2) is 5.96. The van der Waals surface area contributed by atoms with Gasteiger partial charge in [-0.3, -0.25) is 4.98 Å². The van der Waals surface area contributed by atoms with E-state index in [-0.39, 0.29) is 6.04 Å². The zero-order chi connectivity index (χ0) is 14.7. The van der Waals surface area contributed by atoms with Crippen LogP contribution in [-0.4, -0.2) is 22.6 Å². The summed E-state index contributed by atoms with van der Waals surface area (Å²) in [6.45, 7) is 2.81. The molecule has 3 rings (SSSR count). The van der Waals surface area contributed by atoms with Gasteiger partial charge in [-0.25, -0.2) is 4.98 Å². The first-order valence-electron chi connectivity index (χ1n) is 7.29. The molecule has 0 spiro atoms. The maximum Gasteiger partial charge on any atom is 0.220 e. The zero-order valence-electron chi connectivity index (χ0n) is 12.1. The van der Waals surface area contributed by atoms with Crippen molar-refractivity contribution in [3.05, 3.63) is 41.7 Å². The summed E-state index contributed by atoms with van der Waals surface area (Å²) in [7, 11) is 0. The first kappa shape index (κ1) is 13.6. The van der Waals surface area contributed by atoms with Crippen LogP contribution in [-0.2, 0) is 12.8 Å². The van der Waals surface area contributed by atoms with Gasteiger partial charge in [0.2, 0.25) is 5.88 Å². The molecular formula is C16H18N4O. The van der Waals surface area contributed by atoms with E-state index in [1.54, 1.807) is 6.20 Å². The third kappa shape index (κ3) is 2.89. The van der Waals surface area contributed by atoms with E-state index in [0.29, 0.717) is 0 Å². The minimum absolute atomic E-state index is 0.0807. The maximum atomic E-state index is 9.19. The van der Waals surface area contributed by atoms with Gasteiger partial charge in [0.1, 0.15) is 11.7 Å². The Labute approximate surface area is 124 Å². The third-order valence-electron chi connectivity index (χ3n) is 3.83. The van der Waals surface area contributed by atoms with Crippen molar-refractivity contribution < 1.29 is 4.42 Å². The Morgan fingerprint density at radius 3 is 3.14 bits per heavy atom. The molecule has 5 nitrogen and oxygen atoms in total. The standard InChI is InChI=1S/C16H18N4O/c1-12-16(20-9-3-5-14(20)10-17)21-15(19-12)7-6-13-4-2-8-18-11-13/h2,4,8,11,14H,3,5-7,9H2,1H3/t14-/m0/s1. The Morgan fingerprint density at radius 2 is 2.38 bits per heavy atom. The number of hydrogen-bond donors (Lipinski definition) is 0. The lowest BCUT2D eigenvalue weighted by atomic mass is 10.1. The van der Waals surface area contributed by atoms with Crippen LogP contribution in [0.15, 0.2) is 28.9 Å². The molecule has 0 saturated carbocycles. The number of anilines is 1. The summed E-state index contributed by atoms with van der Waals surface area (Å²) in [5.74, 6) is 1.50. The molecule has 5 heteroatoms. The molecule has 108 valence electrons. The average Bonchev–Trinajstić information content (AvgIpc) is 3.12. The summed E-state index contributed by atoms with van der Waals surface area (Å²) >= 11 is 0. The highest BCUT2D eigenvalue weighted by Gasteiger charge is 2.28. The first-order chi connectivity index (χ1) is 10.3. The fourth-order valence-electron chi connectivity index (χ4n) is 2.76. The molecular weight excluding hydrogens is 264 g/mol. The lowest BCUT2D eigenvalue weighted by Gasteiger charge is -2.18. The van der Waals surface area contributed by atoms with E-state index in [4.69, 9.17) is 4.42 Å². The fraction of sp³-hybridized carbons (Fsp3) is 0.438. The minimum atomic E-state index is -0.0807. The van der Waals surface area contributed by atoms with Crippen molar-refractivity contribution in [2.24, 2.45) is 0 Å². The van der Waals surface area contributed by atoms with Crippen LogP contribution < -0.4 is 4.90 Å². The molecule has 1 aliphatic rings. The average molecular weight is 282 g/mol. The van der Waals surface area contributed by atoms with Crippen LogP contribution in [0.3, 0.4) is 0 Å². The Hall–Kier alpha value is -2.35. The molecule has 1 aliphatic heterocycles. The summed E-state index contributed by atoms with van der Waals surface area (Å²) in [6.07, 6.45) is 7.17. The van der Waals surface area contributed by atoms with Crippen LogP contribution in [0.2, 0.25) is 0 Å². The second-order valence-corrected chi connectivity index (χ2v) is 5.34. The van der Waals surface area contributed by atoms with Gasteiger partial charge < -0.3 is 9.32 Å². The number of pyridine rings is 1. The molecule has 0 radical (unpaired) electrons. The van der Waals surface area contributed by atoms with E-state index in [0.717, 1.165) is 49.7 Å². The SMILES string of the molecule is Cc1nc(CCc2cccnc2)oc1N1CCC[C@H]1C#N. The van der Waals surface area contributed by atoms with Gasteiger partial charge in [-0.1, -0.05) is 6.07 Å². The molecule has 0 unspecified atom stereocenters. The van der Waals surface area contributed by atoms with Gasteiger partial charge >= 0.3 is 0 Å². The van der Waals surface area contributed by atoms with E-state index in [9.17, 15) is 5.26 Å². The number of oxazole rings is 1. The molecule has 1 atom stereocenters. The highest BCUT2D eigenvalue weighted by molar-refractivity contribution is 5.44. The van der Waals surface area contributed by atoms with Crippen LogP contribution in [0.4, 0.5) is 5.88 Å². The third-order valence-corrected chi connectivity index (χ3v) is 3.83. The van der Waals surface area contributed by atoms with Crippen molar-refractivity contribution in [2.75, 3.05) is 11.4 Å². The Kier molecular flexibility index (Phi) is 3.87. The van der Waals surface area contributed by atoms with E-state index in [2.05, 4.69) is 22.1 Å². The van der Waals surface area contributed by atoms with Gasteiger partial charge in [-0.05, 0) is 37.8 Å². The monoisotopic (exact) mass is 282 g/mol. The molecule has 0 bridgehead atoms. The predicted molar refractivity (Wildman–Crippen MR) is 78.9 cm³/mol. The van der Waals surface area contributed by atoms with Crippen LogP contribution in [0.25, 0.3) is 0 Å². The van der Waals surface area contributed by atoms with Gasteiger partial charge in [0.05, 0.1) is 6.07 Å². The Morgan fingerprint density at radius 1 is 1.48 bits per heavy atom. The molecule has 1 saturated heterocycles. The van der Waals surface area contributed by atoms with Crippen molar-refractivity contribution in [3.63, 3.8) is 0 Å². The van der Waals surface area contributed by atoms with E-state index >= 15 is 0 Å². The van der Waals surface area contributed by atoms with Crippen LogP contribution in [0, 0.1) is 18.3 Å².